The van der Waals surface area contributed by atoms with Crippen molar-refractivity contribution in [3.05, 3.63) is 29.8 Å². The van der Waals surface area contributed by atoms with E-state index in [2.05, 4.69) is 17.4 Å². The fourth-order valence-electron chi connectivity index (χ4n) is 2.76. The molecule has 0 saturated carbocycles. The lowest BCUT2D eigenvalue weighted by atomic mass is 9.73. The summed E-state index contributed by atoms with van der Waals surface area (Å²) in [6.07, 6.45) is 2.20. The van der Waals surface area contributed by atoms with Crippen molar-refractivity contribution < 1.29 is 9.47 Å². The summed E-state index contributed by atoms with van der Waals surface area (Å²) in [7, 11) is 3.51. The van der Waals surface area contributed by atoms with Gasteiger partial charge >= 0.3 is 0 Å². The van der Waals surface area contributed by atoms with Gasteiger partial charge in [-0.15, -0.1) is 0 Å². The van der Waals surface area contributed by atoms with Gasteiger partial charge in [-0.25, -0.2) is 0 Å². The molecule has 0 amide bonds. The number of benzene rings is 1. The largest absolute Gasteiger partial charge is 0.496 e. The molecule has 0 unspecified atom stereocenters. The van der Waals surface area contributed by atoms with Crippen LogP contribution >= 0.6 is 0 Å². The molecule has 2 rings (SSSR count). The Balaban J connectivity index is 2.37. The monoisotopic (exact) mass is 235 g/mol. The fraction of sp³-hybridized carbons (Fsp3) is 0.571. The van der Waals surface area contributed by atoms with E-state index in [-0.39, 0.29) is 5.41 Å². The number of methoxy groups -OCH3 is 2. The Morgan fingerprint density at radius 1 is 1.18 bits per heavy atom. The normalized spacial score (nSPS) is 18.9. The second kappa shape index (κ2) is 5.52. The molecule has 0 spiro atoms. The van der Waals surface area contributed by atoms with Gasteiger partial charge in [0.15, 0.2) is 0 Å². The Morgan fingerprint density at radius 3 is 2.53 bits per heavy atom. The van der Waals surface area contributed by atoms with Crippen LogP contribution in [0.3, 0.4) is 0 Å². The highest BCUT2D eigenvalue weighted by molar-refractivity contribution is 5.40. The summed E-state index contributed by atoms with van der Waals surface area (Å²) in [5.74, 6) is 0.978. The lowest BCUT2D eigenvalue weighted by Gasteiger charge is -2.38. The van der Waals surface area contributed by atoms with E-state index in [1.54, 1.807) is 14.2 Å². The van der Waals surface area contributed by atoms with Crippen LogP contribution in [-0.4, -0.2) is 33.9 Å². The summed E-state index contributed by atoms with van der Waals surface area (Å²) in [5, 5.41) is 3.41. The number of hydrogen-bond donors (Lipinski definition) is 1. The molecule has 1 fully saturated rings. The van der Waals surface area contributed by atoms with Gasteiger partial charge in [-0.3, -0.25) is 0 Å². The van der Waals surface area contributed by atoms with Crippen molar-refractivity contribution in [1.82, 2.24) is 5.32 Å². The third-order valence-corrected chi connectivity index (χ3v) is 3.66. The third kappa shape index (κ3) is 2.45. The van der Waals surface area contributed by atoms with Gasteiger partial charge in [0.2, 0.25) is 0 Å². The van der Waals surface area contributed by atoms with Gasteiger partial charge in [0.25, 0.3) is 0 Å². The highest BCUT2D eigenvalue weighted by Gasteiger charge is 2.36. The zero-order valence-electron chi connectivity index (χ0n) is 10.7. The van der Waals surface area contributed by atoms with E-state index in [0.717, 1.165) is 38.3 Å². The molecule has 17 heavy (non-hydrogen) atoms. The first-order chi connectivity index (χ1) is 8.32. The van der Waals surface area contributed by atoms with Gasteiger partial charge in [0.05, 0.1) is 13.7 Å². The zero-order chi connectivity index (χ0) is 12.1. The standard InChI is InChI=1S/C14H21NO2/c1-16-11-14(7-9-15-10-8-14)12-5-3-4-6-13(12)17-2/h3-6,15H,7-11H2,1-2H3. The van der Waals surface area contributed by atoms with E-state index in [4.69, 9.17) is 9.47 Å². The van der Waals surface area contributed by atoms with Crippen molar-refractivity contribution in [2.24, 2.45) is 0 Å². The smallest absolute Gasteiger partial charge is 0.122 e. The van der Waals surface area contributed by atoms with E-state index in [1.165, 1.54) is 5.56 Å². The van der Waals surface area contributed by atoms with Gasteiger partial charge in [0, 0.05) is 18.1 Å². The highest BCUT2D eigenvalue weighted by atomic mass is 16.5. The van der Waals surface area contributed by atoms with Crippen molar-refractivity contribution >= 4 is 0 Å². The molecule has 0 atom stereocenters. The molecular formula is C14H21NO2. The van der Waals surface area contributed by atoms with Crippen LogP contribution in [0.4, 0.5) is 0 Å². The molecule has 0 aliphatic carbocycles. The quantitative estimate of drug-likeness (QED) is 0.865. The minimum Gasteiger partial charge on any atom is -0.496 e. The molecular weight excluding hydrogens is 214 g/mol. The van der Waals surface area contributed by atoms with Crippen LogP contribution < -0.4 is 10.1 Å². The molecule has 3 nitrogen and oxygen atoms in total. The van der Waals surface area contributed by atoms with Gasteiger partial charge in [0.1, 0.15) is 5.75 Å². The summed E-state index contributed by atoms with van der Waals surface area (Å²) < 4.78 is 10.9. The van der Waals surface area contributed by atoms with Crippen LogP contribution in [0.15, 0.2) is 24.3 Å². The number of para-hydroxylation sites is 1. The topological polar surface area (TPSA) is 30.5 Å². The molecule has 1 aromatic carbocycles. The highest BCUT2D eigenvalue weighted by Crippen LogP contribution is 2.38. The maximum absolute atomic E-state index is 5.49. The third-order valence-electron chi connectivity index (χ3n) is 3.66. The fourth-order valence-corrected chi connectivity index (χ4v) is 2.76. The van der Waals surface area contributed by atoms with Crippen molar-refractivity contribution in [1.29, 1.82) is 0 Å². The number of nitrogens with one attached hydrogen (secondary N) is 1. The minimum atomic E-state index is 0.104. The molecule has 0 aromatic heterocycles. The van der Waals surface area contributed by atoms with Crippen LogP contribution in [0.25, 0.3) is 0 Å². The second-order valence-corrected chi connectivity index (χ2v) is 4.66. The minimum absolute atomic E-state index is 0.104. The van der Waals surface area contributed by atoms with E-state index in [9.17, 15) is 0 Å². The first-order valence-electron chi connectivity index (χ1n) is 6.15. The van der Waals surface area contributed by atoms with E-state index >= 15 is 0 Å². The summed E-state index contributed by atoms with van der Waals surface area (Å²) in [4.78, 5) is 0. The number of hydrogen-bond acceptors (Lipinski definition) is 3. The number of rotatable bonds is 4. The Morgan fingerprint density at radius 2 is 1.88 bits per heavy atom. The van der Waals surface area contributed by atoms with Crippen molar-refractivity contribution in [3.63, 3.8) is 0 Å². The van der Waals surface area contributed by atoms with Crippen LogP contribution in [0, 0.1) is 0 Å². The predicted molar refractivity (Wildman–Crippen MR) is 68.7 cm³/mol. The Bertz CT molecular complexity index is 353. The zero-order valence-corrected chi connectivity index (χ0v) is 10.7. The van der Waals surface area contributed by atoms with Crippen molar-refractivity contribution in [2.75, 3.05) is 33.9 Å². The van der Waals surface area contributed by atoms with E-state index in [0.29, 0.717) is 0 Å². The lowest BCUT2D eigenvalue weighted by molar-refractivity contribution is 0.106. The van der Waals surface area contributed by atoms with Crippen molar-refractivity contribution in [3.8, 4) is 5.75 Å². The Kier molecular flexibility index (Phi) is 4.02. The summed E-state index contributed by atoms with van der Waals surface area (Å²) in [6, 6.07) is 8.30. The molecule has 1 N–H and O–H groups in total. The SMILES string of the molecule is COCC1(c2ccccc2OC)CCNCC1. The second-order valence-electron chi connectivity index (χ2n) is 4.66. The molecule has 1 aromatic rings. The molecule has 3 heteroatoms. The summed E-state index contributed by atoms with van der Waals surface area (Å²) in [6.45, 7) is 2.85. The Labute approximate surface area is 103 Å². The Hall–Kier alpha value is -1.06. The maximum atomic E-state index is 5.49. The lowest BCUT2D eigenvalue weighted by Crippen LogP contribution is -2.43. The molecule has 0 bridgehead atoms. The molecule has 1 aliphatic rings. The van der Waals surface area contributed by atoms with E-state index in [1.807, 2.05) is 12.1 Å². The van der Waals surface area contributed by atoms with Crippen LogP contribution in [0.5, 0.6) is 5.75 Å². The first-order valence-corrected chi connectivity index (χ1v) is 6.15. The maximum Gasteiger partial charge on any atom is 0.122 e. The molecule has 1 aliphatic heterocycles. The van der Waals surface area contributed by atoms with Crippen molar-refractivity contribution in [2.45, 2.75) is 18.3 Å². The molecule has 1 heterocycles. The van der Waals surface area contributed by atoms with Crippen LogP contribution in [-0.2, 0) is 10.2 Å². The first kappa shape index (κ1) is 12.4. The molecule has 94 valence electrons. The summed E-state index contributed by atoms with van der Waals surface area (Å²) >= 11 is 0. The van der Waals surface area contributed by atoms with Gasteiger partial charge in [-0.1, -0.05) is 18.2 Å². The number of piperidine rings is 1. The number of ether oxygens (including phenoxy) is 2. The predicted octanol–water partition coefficient (Wildman–Crippen LogP) is 1.96. The average Bonchev–Trinajstić information content (AvgIpc) is 2.40. The molecule has 1 saturated heterocycles. The average molecular weight is 235 g/mol. The molecule has 0 radical (unpaired) electrons. The van der Waals surface area contributed by atoms with Gasteiger partial charge in [-0.05, 0) is 32.0 Å². The van der Waals surface area contributed by atoms with Crippen LogP contribution in [0.2, 0.25) is 0 Å². The summed E-state index contributed by atoms with van der Waals surface area (Å²) in [5.41, 5.74) is 1.39. The van der Waals surface area contributed by atoms with Crippen LogP contribution in [0.1, 0.15) is 18.4 Å². The van der Waals surface area contributed by atoms with Gasteiger partial charge in [-0.2, -0.15) is 0 Å². The van der Waals surface area contributed by atoms with Gasteiger partial charge < -0.3 is 14.8 Å². The van der Waals surface area contributed by atoms with E-state index < -0.39 is 0 Å².